The van der Waals surface area contributed by atoms with Crippen molar-refractivity contribution in [3.05, 3.63) is 0 Å². The quantitative estimate of drug-likeness (QED) is 0.248. The Morgan fingerprint density at radius 1 is 1.12 bits per heavy atom. The molecule has 0 spiro atoms. The first-order valence-corrected chi connectivity index (χ1v) is 7.77. The SMILES string of the molecule is NC(=O)CCC(NC(=O)C1CCCN1)C(=O)NC(CC(=O)O)C(=O)O. The van der Waals surface area contributed by atoms with E-state index in [9.17, 15) is 24.0 Å². The van der Waals surface area contributed by atoms with Gasteiger partial charge in [0, 0.05) is 6.42 Å². The topological polar surface area (TPSA) is 188 Å². The zero-order valence-corrected chi connectivity index (χ0v) is 13.5. The van der Waals surface area contributed by atoms with Crippen LogP contribution in [0.4, 0.5) is 0 Å². The number of hydrogen-bond donors (Lipinski definition) is 6. The minimum Gasteiger partial charge on any atom is -0.481 e. The van der Waals surface area contributed by atoms with Crippen molar-refractivity contribution in [2.75, 3.05) is 6.54 Å². The lowest BCUT2D eigenvalue weighted by Crippen LogP contribution is -2.54. The molecule has 7 N–H and O–H groups in total. The predicted molar refractivity (Wildman–Crippen MR) is 83.2 cm³/mol. The number of hydrogen-bond acceptors (Lipinski definition) is 6. The molecule has 25 heavy (non-hydrogen) atoms. The van der Waals surface area contributed by atoms with E-state index in [-0.39, 0.29) is 12.8 Å². The Kier molecular flexibility index (Phi) is 7.79. The molecule has 1 saturated heterocycles. The Morgan fingerprint density at radius 3 is 2.28 bits per heavy atom. The third-order valence-electron chi connectivity index (χ3n) is 3.68. The Labute approximate surface area is 143 Å². The highest BCUT2D eigenvalue weighted by Crippen LogP contribution is 2.07. The molecule has 0 aromatic carbocycles. The van der Waals surface area contributed by atoms with Gasteiger partial charge in [0.15, 0.2) is 0 Å². The third kappa shape index (κ3) is 7.16. The average molecular weight is 358 g/mol. The fourth-order valence-corrected chi connectivity index (χ4v) is 2.38. The van der Waals surface area contributed by atoms with Gasteiger partial charge in [-0.05, 0) is 25.8 Å². The zero-order valence-electron chi connectivity index (χ0n) is 13.5. The maximum Gasteiger partial charge on any atom is 0.326 e. The second-order valence-electron chi connectivity index (χ2n) is 5.71. The van der Waals surface area contributed by atoms with Gasteiger partial charge in [-0.2, -0.15) is 0 Å². The van der Waals surface area contributed by atoms with Crippen molar-refractivity contribution in [3.63, 3.8) is 0 Å². The molecular weight excluding hydrogens is 336 g/mol. The molecule has 0 aromatic heterocycles. The molecule has 0 radical (unpaired) electrons. The molecule has 11 nitrogen and oxygen atoms in total. The van der Waals surface area contributed by atoms with Crippen molar-refractivity contribution in [1.29, 1.82) is 0 Å². The van der Waals surface area contributed by atoms with Crippen LogP contribution < -0.4 is 21.7 Å². The summed E-state index contributed by atoms with van der Waals surface area (Å²) in [6.45, 7) is 0.663. The Balaban J connectivity index is 2.75. The lowest BCUT2D eigenvalue weighted by molar-refractivity contribution is -0.147. The number of carbonyl (C=O) groups is 5. The second kappa shape index (κ2) is 9.57. The highest BCUT2D eigenvalue weighted by atomic mass is 16.4. The van der Waals surface area contributed by atoms with E-state index in [1.54, 1.807) is 0 Å². The van der Waals surface area contributed by atoms with Gasteiger partial charge < -0.3 is 31.9 Å². The van der Waals surface area contributed by atoms with Crippen LogP contribution in [0.1, 0.15) is 32.1 Å². The molecule has 1 heterocycles. The summed E-state index contributed by atoms with van der Waals surface area (Å²) in [6, 6.07) is -3.32. The Bertz CT molecular complexity index is 545. The summed E-state index contributed by atoms with van der Waals surface area (Å²) in [4.78, 5) is 57.0. The van der Waals surface area contributed by atoms with Crippen molar-refractivity contribution in [2.45, 2.75) is 50.2 Å². The first-order chi connectivity index (χ1) is 11.7. The first-order valence-electron chi connectivity index (χ1n) is 7.77. The standard InChI is InChI=1S/C14H22N4O7/c15-10(19)4-3-8(17-12(22)7-2-1-5-16-7)13(23)18-9(14(24)25)6-11(20)21/h7-9,16H,1-6H2,(H2,15,19)(H,17,22)(H,18,23)(H,20,21)(H,24,25). The molecular formula is C14H22N4O7. The van der Waals surface area contributed by atoms with Gasteiger partial charge in [0.25, 0.3) is 0 Å². The van der Waals surface area contributed by atoms with E-state index in [1.165, 1.54) is 0 Å². The zero-order chi connectivity index (χ0) is 19.0. The normalized spacial score (nSPS) is 18.8. The van der Waals surface area contributed by atoms with Gasteiger partial charge >= 0.3 is 11.9 Å². The van der Waals surface area contributed by atoms with E-state index in [0.29, 0.717) is 13.0 Å². The van der Waals surface area contributed by atoms with Crippen LogP contribution in [-0.4, -0.2) is 64.5 Å². The minimum absolute atomic E-state index is 0.126. The molecule has 1 aliphatic rings. The van der Waals surface area contributed by atoms with Gasteiger partial charge in [0.1, 0.15) is 12.1 Å². The summed E-state index contributed by atoms with van der Waals surface area (Å²) >= 11 is 0. The molecule has 11 heteroatoms. The van der Waals surface area contributed by atoms with Gasteiger partial charge in [-0.1, -0.05) is 0 Å². The summed E-state index contributed by atoms with van der Waals surface area (Å²) in [6.07, 6.45) is 0.247. The fourth-order valence-electron chi connectivity index (χ4n) is 2.38. The average Bonchev–Trinajstić information content (AvgIpc) is 3.04. The monoisotopic (exact) mass is 358 g/mol. The highest BCUT2D eigenvalue weighted by Gasteiger charge is 2.30. The summed E-state index contributed by atoms with van der Waals surface area (Å²) in [5.41, 5.74) is 5.04. The van der Waals surface area contributed by atoms with E-state index in [1.807, 2.05) is 0 Å². The summed E-state index contributed by atoms with van der Waals surface area (Å²) < 4.78 is 0. The van der Waals surface area contributed by atoms with Crippen LogP contribution >= 0.6 is 0 Å². The molecule has 1 rings (SSSR count). The van der Waals surface area contributed by atoms with Crippen molar-refractivity contribution >= 4 is 29.7 Å². The van der Waals surface area contributed by atoms with Gasteiger partial charge in [0.2, 0.25) is 17.7 Å². The lowest BCUT2D eigenvalue weighted by Gasteiger charge is -2.22. The van der Waals surface area contributed by atoms with Gasteiger partial charge in [-0.25, -0.2) is 4.79 Å². The van der Waals surface area contributed by atoms with Crippen LogP contribution in [0.3, 0.4) is 0 Å². The van der Waals surface area contributed by atoms with E-state index in [2.05, 4.69) is 16.0 Å². The number of carboxylic acid groups (broad SMARTS) is 2. The maximum absolute atomic E-state index is 12.2. The number of rotatable bonds is 10. The predicted octanol–water partition coefficient (Wildman–Crippen LogP) is -2.47. The van der Waals surface area contributed by atoms with Gasteiger partial charge in [-0.15, -0.1) is 0 Å². The summed E-state index contributed by atoms with van der Waals surface area (Å²) in [7, 11) is 0. The Hall–Kier alpha value is -2.69. The van der Waals surface area contributed by atoms with Crippen LogP contribution in [0, 0.1) is 0 Å². The van der Waals surface area contributed by atoms with Crippen LogP contribution in [0.2, 0.25) is 0 Å². The molecule has 1 aliphatic heterocycles. The highest BCUT2D eigenvalue weighted by molar-refractivity contribution is 5.93. The van der Waals surface area contributed by atoms with Gasteiger partial charge in [-0.3, -0.25) is 19.2 Å². The van der Waals surface area contributed by atoms with E-state index >= 15 is 0 Å². The first kappa shape index (κ1) is 20.4. The van der Waals surface area contributed by atoms with E-state index in [0.717, 1.165) is 6.42 Å². The van der Waals surface area contributed by atoms with Crippen molar-refractivity contribution < 1.29 is 34.2 Å². The van der Waals surface area contributed by atoms with Crippen molar-refractivity contribution in [1.82, 2.24) is 16.0 Å². The third-order valence-corrected chi connectivity index (χ3v) is 3.68. The Morgan fingerprint density at radius 2 is 1.80 bits per heavy atom. The number of nitrogens with two attached hydrogens (primary N) is 1. The number of primary amides is 1. The van der Waals surface area contributed by atoms with Crippen LogP contribution in [-0.2, 0) is 24.0 Å². The van der Waals surface area contributed by atoms with Crippen LogP contribution in [0.15, 0.2) is 0 Å². The summed E-state index contributed by atoms with van der Waals surface area (Å²) in [5, 5.41) is 25.1. The number of amides is 3. The number of carbonyl (C=O) groups excluding carboxylic acids is 3. The molecule has 3 atom stereocenters. The number of carboxylic acids is 2. The lowest BCUT2D eigenvalue weighted by atomic mass is 10.1. The van der Waals surface area contributed by atoms with Crippen molar-refractivity contribution in [2.24, 2.45) is 5.73 Å². The molecule has 0 saturated carbocycles. The van der Waals surface area contributed by atoms with E-state index < -0.39 is 54.2 Å². The molecule has 3 unspecified atom stereocenters. The van der Waals surface area contributed by atoms with E-state index in [4.69, 9.17) is 15.9 Å². The fraction of sp³-hybridized carbons (Fsp3) is 0.643. The molecule has 3 amide bonds. The molecule has 1 fully saturated rings. The second-order valence-corrected chi connectivity index (χ2v) is 5.71. The molecule has 140 valence electrons. The van der Waals surface area contributed by atoms with Crippen LogP contribution in [0.25, 0.3) is 0 Å². The van der Waals surface area contributed by atoms with Crippen LogP contribution in [0.5, 0.6) is 0 Å². The van der Waals surface area contributed by atoms with Gasteiger partial charge in [0.05, 0.1) is 12.5 Å². The number of aliphatic carboxylic acids is 2. The summed E-state index contributed by atoms with van der Waals surface area (Å²) in [5.74, 6) is -4.95. The maximum atomic E-state index is 12.2. The largest absolute Gasteiger partial charge is 0.481 e. The molecule has 0 bridgehead atoms. The minimum atomic E-state index is -1.65. The smallest absolute Gasteiger partial charge is 0.326 e. The molecule has 0 aliphatic carbocycles. The van der Waals surface area contributed by atoms with Crippen molar-refractivity contribution in [3.8, 4) is 0 Å². The molecule has 0 aromatic rings. The number of nitrogens with one attached hydrogen (secondary N) is 3.